The zero-order valence-corrected chi connectivity index (χ0v) is 10.4. The zero-order valence-electron chi connectivity index (χ0n) is 8.86. The van der Waals surface area contributed by atoms with Crippen molar-refractivity contribution in [2.75, 3.05) is 0 Å². The first-order chi connectivity index (χ1) is 8.22. The minimum Gasteiger partial charge on any atom is -0.392 e. The van der Waals surface area contributed by atoms with Crippen molar-refractivity contribution in [2.24, 2.45) is 0 Å². The Balaban J connectivity index is 2.37. The van der Waals surface area contributed by atoms with E-state index in [-0.39, 0.29) is 12.4 Å². The summed E-state index contributed by atoms with van der Waals surface area (Å²) in [5, 5.41) is 9.75. The molecule has 0 bridgehead atoms. The molecule has 1 N–H and O–H groups in total. The Kier molecular flexibility index (Phi) is 4.05. The summed E-state index contributed by atoms with van der Waals surface area (Å²) >= 11 is 7.23. The van der Waals surface area contributed by atoms with Gasteiger partial charge in [-0.3, -0.25) is 0 Å². The number of rotatable bonds is 3. The summed E-state index contributed by atoms with van der Waals surface area (Å²) in [6, 6.07) is 11.8. The van der Waals surface area contributed by atoms with Crippen LogP contribution in [0.15, 0.2) is 52.3 Å². The molecule has 2 aromatic carbocycles. The summed E-state index contributed by atoms with van der Waals surface area (Å²) in [4.78, 5) is 1.29. The van der Waals surface area contributed by atoms with E-state index in [1.165, 1.54) is 17.8 Å². The second-order valence-corrected chi connectivity index (χ2v) is 4.90. The molecule has 0 saturated heterocycles. The van der Waals surface area contributed by atoms with E-state index >= 15 is 0 Å². The SMILES string of the molecule is OCc1c(Cl)cccc1Sc1ccccc1F. The van der Waals surface area contributed by atoms with E-state index in [4.69, 9.17) is 11.6 Å². The average Bonchev–Trinajstić information content (AvgIpc) is 2.32. The fraction of sp³-hybridized carbons (Fsp3) is 0.0769. The second-order valence-electron chi connectivity index (χ2n) is 3.41. The first-order valence-electron chi connectivity index (χ1n) is 5.03. The van der Waals surface area contributed by atoms with Crippen LogP contribution >= 0.6 is 23.4 Å². The third-order valence-electron chi connectivity index (χ3n) is 2.29. The molecule has 0 unspecified atom stereocenters. The number of hydrogen-bond donors (Lipinski definition) is 1. The van der Waals surface area contributed by atoms with Crippen LogP contribution in [0.2, 0.25) is 5.02 Å². The molecule has 0 aromatic heterocycles. The molecular weight excluding hydrogens is 259 g/mol. The summed E-state index contributed by atoms with van der Waals surface area (Å²) in [6.45, 7) is -0.156. The van der Waals surface area contributed by atoms with Gasteiger partial charge in [-0.05, 0) is 24.3 Å². The minimum absolute atomic E-state index is 0.156. The molecule has 0 radical (unpaired) electrons. The van der Waals surface area contributed by atoms with E-state index in [0.29, 0.717) is 15.5 Å². The lowest BCUT2D eigenvalue weighted by Crippen LogP contribution is -1.89. The Hall–Kier alpha value is -1.03. The summed E-state index contributed by atoms with van der Waals surface area (Å²) in [5.74, 6) is -0.277. The van der Waals surface area contributed by atoms with Crippen molar-refractivity contribution in [3.8, 4) is 0 Å². The Morgan fingerprint density at radius 3 is 2.47 bits per heavy atom. The van der Waals surface area contributed by atoms with Gasteiger partial charge in [0, 0.05) is 20.4 Å². The van der Waals surface area contributed by atoms with Crippen LogP contribution in [0.5, 0.6) is 0 Å². The highest BCUT2D eigenvalue weighted by Crippen LogP contribution is 2.34. The lowest BCUT2D eigenvalue weighted by Gasteiger charge is -2.09. The van der Waals surface area contributed by atoms with Crippen LogP contribution in [-0.2, 0) is 6.61 Å². The Morgan fingerprint density at radius 1 is 1.06 bits per heavy atom. The molecule has 1 nitrogen and oxygen atoms in total. The maximum absolute atomic E-state index is 13.5. The fourth-order valence-corrected chi connectivity index (χ4v) is 2.72. The molecule has 0 spiro atoms. The van der Waals surface area contributed by atoms with Crippen molar-refractivity contribution in [2.45, 2.75) is 16.4 Å². The summed E-state index contributed by atoms with van der Waals surface area (Å²) in [7, 11) is 0. The molecule has 2 rings (SSSR count). The van der Waals surface area contributed by atoms with E-state index in [1.54, 1.807) is 30.3 Å². The van der Waals surface area contributed by atoms with Crippen molar-refractivity contribution in [3.63, 3.8) is 0 Å². The summed E-state index contributed by atoms with van der Waals surface area (Å²) < 4.78 is 13.5. The van der Waals surface area contributed by atoms with Gasteiger partial charge in [-0.1, -0.05) is 41.6 Å². The summed E-state index contributed by atoms with van der Waals surface area (Å²) in [6.07, 6.45) is 0. The highest BCUT2D eigenvalue weighted by molar-refractivity contribution is 7.99. The topological polar surface area (TPSA) is 20.2 Å². The number of benzene rings is 2. The molecule has 17 heavy (non-hydrogen) atoms. The molecule has 0 heterocycles. The average molecular weight is 269 g/mol. The molecule has 88 valence electrons. The smallest absolute Gasteiger partial charge is 0.137 e. The highest BCUT2D eigenvalue weighted by Gasteiger charge is 2.09. The van der Waals surface area contributed by atoms with Gasteiger partial charge in [0.15, 0.2) is 0 Å². The van der Waals surface area contributed by atoms with E-state index in [0.717, 1.165) is 4.90 Å². The molecule has 0 amide bonds. The Morgan fingerprint density at radius 2 is 1.76 bits per heavy atom. The monoisotopic (exact) mass is 268 g/mol. The van der Waals surface area contributed by atoms with Gasteiger partial charge in [0.1, 0.15) is 5.82 Å². The quantitative estimate of drug-likeness (QED) is 0.903. The third kappa shape index (κ3) is 2.80. The minimum atomic E-state index is -0.277. The maximum Gasteiger partial charge on any atom is 0.137 e. The van der Waals surface area contributed by atoms with Gasteiger partial charge < -0.3 is 5.11 Å². The van der Waals surface area contributed by atoms with Crippen molar-refractivity contribution in [3.05, 3.63) is 58.9 Å². The van der Waals surface area contributed by atoms with Gasteiger partial charge in [0.05, 0.1) is 6.61 Å². The first kappa shape index (κ1) is 12.4. The normalized spacial score (nSPS) is 10.5. The van der Waals surface area contributed by atoms with Crippen LogP contribution in [0.25, 0.3) is 0 Å². The van der Waals surface area contributed by atoms with E-state index in [9.17, 15) is 9.50 Å². The van der Waals surface area contributed by atoms with Gasteiger partial charge in [-0.25, -0.2) is 4.39 Å². The standard InChI is InChI=1S/C13H10ClFOS/c14-10-4-3-7-12(9(10)8-16)17-13-6-2-1-5-11(13)15/h1-7,16H,8H2. The first-order valence-corrected chi connectivity index (χ1v) is 6.22. The predicted molar refractivity (Wildman–Crippen MR) is 67.9 cm³/mol. The number of hydrogen-bond acceptors (Lipinski definition) is 2. The van der Waals surface area contributed by atoms with Crippen LogP contribution in [0.3, 0.4) is 0 Å². The molecule has 0 aliphatic rings. The molecule has 0 atom stereocenters. The van der Waals surface area contributed by atoms with Crippen LogP contribution in [0, 0.1) is 5.82 Å². The molecule has 0 fully saturated rings. The van der Waals surface area contributed by atoms with Crippen LogP contribution in [-0.4, -0.2) is 5.11 Å². The number of aliphatic hydroxyl groups is 1. The Labute approximate surface area is 108 Å². The lowest BCUT2D eigenvalue weighted by molar-refractivity contribution is 0.279. The molecule has 2 aromatic rings. The van der Waals surface area contributed by atoms with Crippen molar-refractivity contribution in [1.29, 1.82) is 0 Å². The van der Waals surface area contributed by atoms with Gasteiger partial charge in [0.25, 0.3) is 0 Å². The van der Waals surface area contributed by atoms with E-state index in [2.05, 4.69) is 0 Å². The van der Waals surface area contributed by atoms with Gasteiger partial charge in [-0.15, -0.1) is 0 Å². The van der Waals surface area contributed by atoms with Crippen molar-refractivity contribution >= 4 is 23.4 Å². The zero-order chi connectivity index (χ0) is 12.3. The summed E-state index contributed by atoms with van der Waals surface area (Å²) in [5.41, 5.74) is 0.627. The molecule has 0 saturated carbocycles. The highest BCUT2D eigenvalue weighted by atomic mass is 35.5. The number of halogens is 2. The largest absolute Gasteiger partial charge is 0.392 e. The van der Waals surface area contributed by atoms with Crippen LogP contribution < -0.4 is 0 Å². The molecule has 0 aliphatic carbocycles. The predicted octanol–water partition coefficient (Wildman–Crippen LogP) is 4.12. The molecule has 4 heteroatoms. The van der Waals surface area contributed by atoms with Gasteiger partial charge in [0.2, 0.25) is 0 Å². The van der Waals surface area contributed by atoms with Crippen molar-refractivity contribution in [1.82, 2.24) is 0 Å². The molecule has 0 aliphatic heterocycles. The lowest BCUT2D eigenvalue weighted by atomic mass is 10.2. The van der Waals surface area contributed by atoms with Crippen LogP contribution in [0.4, 0.5) is 4.39 Å². The van der Waals surface area contributed by atoms with E-state index < -0.39 is 0 Å². The van der Waals surface area contributed by atoms with E-state index in [1.807, 2.05) is 6.07 Å². The third-order valence-corrected chi connectivity index (χ3v) is 3.80. The van der Waals surface area contributed by atoms with Gasteiger partial charge >= 0.3 is 0 Å². The van der Waals surface area contributed by atoms with Crippen molar-refractivity contribution < 1.29 is 9.50 Å². The van der Waals surface area contributed by atoms with Crippen LogP contribution in [0.1, 0.15) is 5.56 Å². The molecular formula is C13H10ClFOS. The second kappa shape index (κ2) is 5.54. The number of aliphatic hydroxyl groups excluding tert-OH is 1. The fourth-order valence-electron chi connectivity index (χ4n) is 1.43. The van der Waals surface area contributed by atoms with Gasteiger partial charge in [-0.2, -0.15) is 0 Å². The Bertz CT molecular complexity index is 531. The maximum atomic E-state index is 13.5.